The van der Waals surface area contributed by atoms with Gasteiger partial charge in [0.2, 0.25) is 0 Å². The monoisotopic (exact) mass is 444 g/mol. The van der Waals surface area contributed by atoms with E-state index >= 15 is 0 Å². The Bertz CT molecular complexity index is 1040. The molecule has 1 N–H and O–H groups in total. The Morgan fingerprint density at radius 3 is 2.67 bits per heavy atom. The fraction of sp³-hybridized carbons (Fsp3) is 0.364. The van der Waals surface area contributed by atoms with Gasteiger partial charge in [0, 0.05) is 6.54 Å². The minimum atomic E-state index is -0.413. The molecular weight excluding hydrogens is 420 g/mol. The zero-order valence-electron chi connectivity index (χ0n) is 16.5. The number of aromatic nitrogens is 2. The first-order valence-electron chi connectivity index (χ1n) is 10.00. The summed E-state index contributed by atoms with van der Waals surface area (Å²) < 4.78 is 12.9. The summed E-state index contributed by atoms with van der Waals surface area (Å²) in [5, 5.41) is 0. The maximum absolute atomic E-state index is 12.0. The number of imidazole rings is 1. The molecular formula is C22H24N2O4S2. The Hall–Kier alpha value is -2.32. The van der Waals surface area contributed by atoms with Crippen molar-refractivity contribution in [3.05, 3.63) is 64.6 Å². The number of hydrogen-bond donors (Lipinski definition) is 1. The standard InChI is InChI=1S/C22H24N2O4S2/c25-20(15-28-17-9-7-16(8-10-17)21-29-13-4-14-30-21)27-12-3-11-24-19-6-2-1-5-18(19)23-22(24)26/h1-2,5-10,21H,3-4,11-15H2,(H,23,26). The van der Waals surface area contributed by atoms with Gasteiger partial charge in [-0.2, -0.15) is 0 Å². The van der Waals surface area contributed by atoms with E-state index in [1.54, 1.807) is 4.57 Å². The largest absolute Gasteiger partial charge is 0.482 e. The van der Waals surface area contributed by atoms with Crippen LogP contribution in [0.4, 0.5) is 0 Å². The summed E-state index contributed by atoms with van der Waals surface area (Å²) in [5.41, 5.74) is 2.79. The zero-order valence-corrected chi connectivity index (χ0v) is 18.2. The van der Waals surface area contributed by atoms with Crippen molar-refractivity contribution in [3.8, 4) is 5.75 Å². The van der Waals surface area contributed by atoms with Crippen molar-refractivity contribution in [1.82, 2.24) is 9.55 Å². The molecule has 0 saturated carbocycles. The third-order valence-corrected chi connectivity index (χ3v) is 7.82. The van der Waals surface area contributed by atoms with Crippen LogP contribution >= 0.6 is 23.5 Å². The predicted molar refractivity (Wildman–Crippen MR) is 122 cm³/mol. The number of aromatic amines is 1. The number of aryl methyl sites for hydroxylation is 1. The molecule has 0 unspecified atom stereocenters. The number of carbonyl (C=O) groups excluding carboxylic acids is 1. The molecule has 6 nitrogen and oxygen atoms in total. The van der Waals surface area contributed by atoms with Crippen LogP contribution in [0.15, 0.2) is 53.3 Å². The molecule has 0 radical (unpaired) electrons. The van der Waals surface area contributed by atoms with Crippen molar-refractivity contribution < 1.29 is 14.3 Å². The van der Waals surface area contributed by atoms with Crippen molar-refractivity contribution in [2.45, 2.75) is 24.0 Å². The Morgan fingerprint density at radius 1 is 1.10 bits per heavy atom. The van der Waals surface area contributed by atoms with Crippen LogP contribution in [0.3, 0.4) is 0 Å². The molecule has 1 aliphatic heterocycles. The van der Waals surface area contributed by atoms with Crippen LogP contribution in [0.5, 0.6) is 5.75 Å². The van der Waals surface area contributed by atoms with E-state index < -0.39 is 5.97 Å². The smallest absolute Gasteiger partial charge is 0.344 e. The minimum absolute atomic E-state index is 0.126. The van der Waals surface area contributed by atoms with Crippen LogP contribution < -0.4 is 10.4 Å². The van der Waals surface area contributed by atoms with Crippen molar-refractivity contribution in [2.75, 3.05) is 24.7 Å². The van der Waals surface area contributed by atoms with Crippen molar-refractivity contribution in [1.29, 1.82) is 0 Å². The van der Waals surface area contributed by atoms with Gasteiger partial charge < -0.3 is 14.5 Å². The number of H-pyrrole nitrogens is 1. The summed E-state index contributed by atoms with van der Waals surface area (Å²) in [5.74, 6) is 2.66. The fourth-order valence-corrected chi connectivity index (χ4v) is 6.22. The van der Waals surface area contributed by atoms with Gasteiger partial charge >= 0.3 is 11.7 Å². The third kappa shape index (κ3) is 5.23. The summed E-state index contributed by atoms with van der Waals surface area (Å²) in [6.45, 7) is 0.595. The van der Waals surface area contributed by atoms with Crippen molar-refractivity contribution in [2.24, 2.45) is 0 Å². The highest BCUT2D eigenvalue weighted by molar-refractivity contribution is 8.16. The van der Waals surface area contributed by atoms with E-state index in [4.69, 9.17) is 9.47 Å². The topological polar surface area (TPSA) is 73.3 Å². The Labute approximate surface area is 183 Å². The molecule has 1 aliphatic rings. The number of para-hydroxylation sites is 2. The molecule has 2 aromatic carbocycles. The third-order valence-electron chi connectivity index (χ3n) is 4.81. The van der Waals surface area contributed by atoms with E-state index in [2.05, 4.69) is 17.1 Å². The molecule has 0 atom stereocenters. The average molecular weight is 445 g/mol. The maximum atomic E-state index is 12.0. The van der Waals surface area contributed by atoms with Gasteiger partial charge in [0.05, 0.1) is 22.2 Å². The van der Waals surface area contributed by atoms with E-state index in [-0.39, 0.29) is 18.9 Å². The molecule has 30 heavy (non-hydrogen) atoms. The van der Waals surface area contributed by atoms with Crippen molar-refractivity contribution >= 4 is 40.5 Å². The Morgan fingerprint density at radius 2 is 1.87 bits per heavy atom. The molecule has 1 fully saturated rings. The molecule has 0 aliphatic carbocycles. The van der Waals surface area contributed by atoms with E-state index in [9.17, 15) is 9.59 Å². The molecule has 158 valence electrons. The first-order chi connectivity index (χ1) is 14.7. The second kappa shape index (κ2) is 10.1. The lowest BCUT2D eigenvalue weighted by Gasteiger charge is -2.21. The maximum Gasteiger partial charge on any atom is 0.344 e. The van der Waals surface area contributed by atoms with Gasteiger partial charge in [-0.05, 0) is 54.2 Å². The van der Waals surface area contributed by atoms with E-state index in [1.807, 2.05) is 59.9 Å². The Balaban J connectivity index is 1.19. The van der Waals surface area contributed by atoms with E-state index in [0.29, 0.717) is 23.3 Å². The number of hydrogen-bond acceptors (Lipinski definition) is 6. The molecule has 1 saturated heterocycles. The van der Waals surface area contributed by atoms with Gasteiger partial charge in [-0.15, -0.1) is 23.5 Å². The SMILES string of the molecule is O=C(COc1ccc(C2SCCCS2)cc1)OCCCn1c(=O)[nH]c2ccccc21. The number of rotatable bonds is 8. The summed E-state index contributed by atoms with van der Waals surface area (Å²) in [6.07, 6.45) is 1.83. The molecule has 0 spiro atoms. The van der Waals surface area contributed by atoms with Gasteiger partial charge in [0.1, 0.15) is 5.75 Å². The average Bonchev–Trinajstić information content (AvgIpc) is 3.11. The molecule has 8 heteroatoms. The highest BCUT2D eigenvalue weighted by Gasteiger charge is 2.16. The summed E-state index contributed by atoms with van der Waals surface area (Å²) >= 11 is 3.95. The van der Waals surface area contributed by atoms with Crippen LogP contribution in [-0.2, 0) is 16.1 Å². The summed E-state index contributed by atoms with van der Waals surface area (Å²) in [7, 11) is 0. The molecule has 0 amide bonds. The fourth-order valence-electron chi connectivity index (χ4n) is 3.32. The first-order valence-corrected chi connectivity index (χ1v) is 12.1. The van der Waals surface area contributed by atoms with Gasteiger partial charge in [-0.3, -0.25) is 4.57 Å². The van der Waals surface area contributed by atoms with E-state index in [0.717, 1.165) is 11.0 Å². The lowest BCUT2D eigenvalue weighted by molar-refractivity contribution is -0.146. The number of ether oxygens (including phenoxy) is 2. The number of nitrogens with one attached hydrogen (secondary N) is 1. The lowest BCUT2D eigenvalue weighted by atomic mass is 10.2. The Kier molecular flexibility index (Phi) is 7.07. The molecule has 2 heterocycles. The van der Waals surface area contributed by atoms with Crippen LogP contribution in [-0.4, -0.2) is 40.2 Å². The van der Waals surface area contributed by atoms with Gasteiger partial charge in [0.25, 0.3) is 0 Å². The zero-order chi connectivity index (χ0) is 20.8. The number of thioether (sulfide) groups is 2. The van der Waals surface area contributed by atoms with Crippen LogP contribution in [0.1, 0.15) is 23.0 Å². The van der Waals surface area contributed by atoms with Crippen LogP contribution in [0.25, 0.3) is 11.0 Å². The second-order valence-corrected chi connectivity index (χ2v) is 9.68. The number of esters is 1. The minimum Gasteiger partial charge on any atom is -0.482 e. The summed E-state index contributed by atoms with van der Waals surface area (Å²) in [4.78, 5) is 26.8. The lowest BCUT2D eigenvalue weighted by Crippen LogP contribution is -2.19. The number of fused-ring (bicyclic) bond motifs is 1. The molecule has 0 bridgehead atoms. The summed E-state index contributed by atoms with van der Waals surface area (Å²) in [6, 6.07) is 15.5. The van der Waals surface area contributed by atoms with Gasteiger partial charge in [-0.25, -0.2) is 9.59 Å². The van der Waals surface area contributed by atoms with Crippen molar-refractivity contribution in [3.63, 3.8) is 0 Å². The van der Waals surface area contributed by atoms with Crippen LogP contribution in [0, 0.1) is 0 Å². The van der Waals surface area contributed by atoms with Gasteiger partial charge in [0.15, 0.2) is 6.61 Å². The normalized spacial score (nSPS) is 14.7. The number of benzene rings is 2. The highest BCUT2D eigenvalue weighted by Crippen LogP contribution is 2.43. The van der Waals surface area contributed by atoms with E-state index in [1.165, 1.54) is 23.5 Å². The number of carbonyl (C=O) groups is 1. The molecule has 3 aromatic rings. The van der Waals surface area contributed by atoms with Gasteiger partial charge in [-0.1, -0.05) is 24.3 Å². The quantitative estimate of drug-likeness (QED) is 0.414. The second-order valence-electron chi connectivity index (χ2n) is 6.96. The first kappa shape index (κ1) is 20.9. The van der Waals surface area contributed by atoms with Crippen LogP contribution in [0.2, 0.25) is 0 Å². The highest BCUT2D eigenvalue weighted by atomic mass is 32.2. The predicted octanol–water partition coefficient (Wildman–Crippen LogP) is 4.21. The molecule has 4 rings (SSSR count). The number of nitrogens with zero attached hydrogens (tertiary/aromatic N) is 1. The molecule has 1 aromatic heterocycles.